The second kappa shape index (κ2) is 10.9. The van der Waals surface area contributed by atoms with Crippen LogP contribution in [0.25, 0.3) is 33.6 Å². The second-order valence-electron chi connectivity index (χ2n) is 15.1. The molecule has 0 bridgehead atoms. The predicted octanol–water partition coefficient (Wildman–Crippen LogP) is 9.92. The number of nitrogens with zero attached hydrogens (tertiary/aromatic N) is 4. The van der Waals surface area contributed by atoms with E-state index in [1.54, 1.807) is 0 Å². The number of benzene rings is 4. The minimum atomic E-state index is -0.190. The Balaban J connectivity index is 0.00000364. The van der Waals surface area contributed by atoms with E-state index in [-0.39, 0.29) is 42.7 Å². The summed E-state index contributed by atoms with van der Waals surface area (Å²) in [7, 11) is 0. The second-order valence-corrected chi connectivity index (χ2v) is 15.1. The molecule has 0 saturated carbocycles. The van der Waals surface area contributed by atoms with Gasteiger partial charge < -0.3 is 4.74 Å². The van der Waals surface area contributed by atoms with E-state index in [1.807, 2.05) is 24.5 Å². The molecule has 244 valence electrons. The average Bonchev–Trinajstić information content (AvgIpc) is 3.71. The maximum atomic E-state index is 6.57. The predicted molar refractivity (Wildman–Crippen MR) is 188 cm³/mol. The zero-order chi connectivity index (χ0) is 32.9. The fraction of sp³-hybridized carbons (Fsp3) is 0.286. The SMILES string of the molecule is CC1(C)c2ccc(Oc3[c-]c4c(cc3)C(C)(C)C(C)(C)c3c(-c5ccccc5)cnn3-4)[c-]c2-n2ncc(-c3ccccc3)c2C1(C)C.[Pt+2]. The third kappa shape index (κ3) is 4.39. The van der Waals surface area contributed by atoms with Gasteiger partial charge in [-0.15, -0.1) is 35.4 Å². The monoisotopic (exact) mass is 811 g/mol. The largest absolute Gasteiger partial charge is 2.00 e. The minimum Gasteiger partial charge on any atom is -0.509 e. The van der Waals surface area contributed by atoms with Crippen LogP contribution in [0, 0.1) is 12.1 Å². The van der Waals surface area contributed by atoms with Crippen LogP contribution in [0.3, 0.4) is 0 Å². The summed E-state index contributed by atoms with van der Waals surface area (Å²) in [5, 5.41) is 9.87. The molecule has 2 aromatic heterocycles. The summed E-state index contributed by atoms with van der Waals surface area (Å²) < 4.78 is 10.7. The Bertz CT molecular complexity index is 2020. The Morgan fingerprint density at radius 2 is 0.875 bits per heavy atom. The summed E-state index contributed by atoms with van der Waals surface area (Å²) in [6.07, 6.45) is 3.98. The molecule has 0 fully saturated rings. The summed E-state index contributed by atoms with van der Waals surface area (Å²) in [5.41, 5.74) is 10.5. The minimum absolute atomic E-state index is 0. The summed E-state index contributed by atoms with van der Waals surface area (Å²) >= 11 is 0. The molecule has 2 aliphatic heterocycles. The molecule has 8 rings (SSSR count). The maximum absolute atomic E-state index is 6.57. The molecule has 0 saturated heterocycles. The first-order valence-corrected chi connectivity index (χ1v) is 16.4. The molecule has 0 atom stereocenters. The first-order valence-electron chi connectivity index (χ1n) is 16.4. The van der Waals surface area contributed by atoms with Crippen LogP contribution in [0.1, 0.15) is 77.9 Å². The normalized spacial score (nSPS) is 17.2. The Morgan fingerprint density at radius 3 is 1.25 bits per heavy atom. The Labute approximate surface area is 298 Å². The van der Waals surface area contributed by atoms with Gasteiger partial charge in [0.1, 0.15) is 0 Å². The van der Waals surface area contributed by atoms with Crippen molar-refractivity contribution in [3.05, 3.63) is 132 Å². The van der Waals surface area contributed by atoms with E-state index in [4.69, 9.17) is 14.9 Å². The summed E-state index contributed by atoms with van der Waals surface area (Å²) in [5.74, 6) is 1.25. The summed E-state index contributed by atoms with van der Waals surface area (Å²) in [6, 6.07) is 36.7. The van der Waals surface area contributed by atoms with E-state index in [1.165, 1.54) is 22.5 Å². The third-order valence-electron chi connectivity index (χ3n) is 11.8. The van der Waals surface area contributed by atoms with E-state index in [0.29, 0.717) is 11.5 Å². The molecule has 0 aliphatic carbocycles. The van der Waals surface area contributed by atoms with Gasteiger partial charge in [0.05, 0.1) is 23.8 Å². The van der Waals surface area contributed by atoms with Crippen LogP contribution < -0.4 is 4.74 Å². The molecular weight excluding hydrogens is 772 g/mol. The number of hydrogen-bond acceptors (Lipinski definition) is 3. The van der Waals surface area contributed by atoms with Gasteiger partial charge >= 0.3 is 21.1 Å². The van der Waals surface area contributed by atoms with Crippen LogP contribution in [0.2, 0.25) is 0 Å². The quantitative estimate of drug-likeness (QED) is 0.167. The van der Waals surface area contributed by atoms with Crippen molar-refractivity contribution in [3.8, 4) is 45.1 Å². The van der Waals surface area contributed by atoms with E-state index < -0.39 is 0 Å². The van der Waals surface area contributed by atoms with Crippen molar-refractivity contribution in [1.29, 1.82) is 0 Å². The summed E-state index contributed by atoms with van der Waals surface area (Å²) in [4.78, 5) is 0. The number of aromatic nitrogens is 4. The van der Waals surface area contributed by atoms with Crippen LogP contribution in [-0.2, 0) is 42.7 Å². The standard InChI is InChI=1S/C42H40N4O.Pt/c1-39(2)33-21-19-29(23-35(33)45-37(41(39,5)6)31(25-43-45)27-15-11-9-12-16-27)47-30-20-22-34-36(24-30)46-38(42(7,8)40(34,3)4)32(26-44-46)28-17-13-10-14-18-28;/h9-22,25-26H,1-8H3;/q-2;+2. The molecule has 6 heteroatoms. The van der Waals surface area contributed by atoms with Gasteiger partial charge in [-0.25, -0.2) is 0 Å². The maximum Gasteiger partial charge on any atom is 2.00 e. The van der Waals surface area contributed by atoms with Crippen molar-refractivity contribution in [1.82, 2.24) is 19.6 Å². The van der Waals surface area contributed by atoms with Crippen LogP contribution in [0.15, 0.2) is 97.3 Å². The van der Waals surface area contributed by atoms with Gasteiger partial charge in [0.25, 0.3) is 0 Å². The molecule has 0 spiro atoms. The Hall–Kier alpha value is -4.21. The van der Waals surface area contributed by atoms with Crippen molar-refractivity contribution < 1.29 is 25.8 Å². The van der Waals surface area contributed by atoms with E-state index in [0.717, 1.165) is 33.6 Å². The van der Waals surface area contributed by atoms with Gasteiger partial charge in [0.15, 0.2) is 0 Å². The Morgan fingerprint density at radius 1 is 0.500 bits per heavy atom. The first kappa shape index (κ1) is 32.3. The van der Waals surface area contributed by atoms with Crippen LogP contribution in [-0.4, -0.2) is 19.6 Å². The van der Waals surface area contributed by atoms with Crippen molar-refractivity contribution in [2.45, 2.75) is 77.0 Å². The van der Waals surface area contributed by atoms with Crippen LogP contribution in [0.5, 0.6) is 11.5 Å². The number of rotatable bonds is 4. The molecule has 2 aliphatic rings. The zero-order valence-corrected chi connectivity index (χ0v) is 31.0. The van der Waals surface area contributed by atoms with Gasteiger partial charge in [-0.1, -0.05) is 116 Å². The van der Waals surface area contributed by atoms with E-state index >= 15 is 0 Å². The van der Waals surface area contributed by atoms with Crippen molar-refractivity contribution in [2.24, 2.45) is 0 Å². The molecule has 6 aromatic rings. The van der Waals surface area contributed by atoms with Gasteiger partial charge in [0.2, 0.25) is 0 Å². The molecule has 48 heavy (non-hydrogen) atoms. The molecule has 0 unspecified atom stereocenters. The van der Waals surface area contributed by atoms with Gasteiger partial charge in [-0.3, -0.25) is 9.36 Å². The molecule has 0 radical (unpaired) electrons. The number of fused-ring (bicyclic) bond motifs is 6. The van der Waals surface area contributed by atoms with Crippen molar-refractivity contribution in [2.75, 3.05) is 0 Å². The molecule has 5 nitrogen and oxygen atoms in total. The van der Waals surface area contributed by atoms with E-state index in [9.17, 15) is 0 Å². The molecular formula is C42H40N4OPt. The number of hydrogen-bond donors (Lipinski definition) is 0. The summed E-state index contributed by atoms with van der Waals surface area (Å²) in [6.45, 7) is 18.5. The molecule has 0 amide bonds. The van der Waals surface area contributed by atoms with E-state index in [2.05, 4.69) is 150 Å². The van der Waals surface area contributed by atoms with Crippen LogP contribution in [0.4, 0.5) is 0 Å². The van der Waals surface area contributed by atoms with Crippen molar-refractivity contribution >= 4 is 0 Å². The topological polar surface area (TPSA) is 44.9 Å². The average molecular weight is 812 g/mol. The molecule has 4 aromatic carbocycles. The fourth-order valence-electron chi connectivity index (χ4n) is 7.67. The van der Waals surface area contributed by atoms with Gasteiger partial charge in [-0.2, -0.15) is 22.3 Å². The Kier molecular flexibility index (Phi) is 7.35. The molecule has 0 N–H and O–H groups in total. The van der Waals surface area contributed by atoms with Crippen molar-refractivity contribution in [3.63, 3.8) is 0 Å². The number of ether oxygens (including phenoxy) is 1. The van der Waals surface area contributed by atoms with Gasteiger partial charge in [-0.05, 0) is 33.3 Å². The third-order valence-corrected chi connectivity index (χ3v) is 11.8. The fourth-order valence-corrected chi connectivity index (χ4v) is 7.67. The zero-order valence-electron chi connectivity index (χ0n) is 28.8. The smallest absolute Gasteiger partial charge is 0.509 e. The van der Waals surface area contributed by atoms with Crippen LogP contribution >= 0.6 is 0 Å². The molecule has 4 heterocycles. The first-order chi connectivity index (χ1) is 22.3. The van der Waals surface area contributed by atoms with Gasteiger partial charge in [0, 0.05) is 33.5 Å².